The van der Waals surface area contributed by atoms with Gasteiger partial charge in [0.1, 0.15) is 5.82 Å². The van der Waals surface area contributed by atoms with Crippen molar-refractivity contribution in [2.75, 3.05) is 27.2 Å². The van der Waals surface area contributed by atoms with Crippen molar-refractivity contribution in [3.8, 4) is 0 Å². The Morgan fingerprint density at radius 3 is 2.72 bits per heavy atom. The Balaban J connectivity index is 2.55. The van der Waals surface area contributed by atoms with Gasteiger partial charge in [-0.15, -0.1) is 0 Å². The maximum atomic E-state index is 13.0. The van der Waals surface area contributed by atoms with Crippen molar-refractivity contribution in [3.63, 3.8) is 0 Å². The van der Waals surface area contributed by atoms with Crippen molar-refractivity contribution in [2.45, 2.75) is 6.10 Å². The number of aliphatic hydroxyl groups is 1. The number of halogens is 2. The zero-order chi connectivity index (χ0) is 13.7. The number of carbonyl (C=O) groups is 1. The number of nitrogens with zero attached hydrogens (tertiary/aromatic N) is 1. The topological polar surface area (TPSA) is 52.6 Å². The highest BCUT2D eigenvalue weighted by Gasteiger charge is 2.11. The molecular weight excluding hydrogens is 259 g/mol. The highest BCUT2D eigenvalue weighted by molar-refractivity contribution is 6.31. The second-order valence-electron chi connectivity index (χ2n) is 4.28. The Morgan fingerprint density at radius 1 is 1.50 bits per heavy atom. The van der Waals surface area contributed by atoms with Crippen LogP contribution >= 0.6 is 11.6 Å². The highest BCUT2D eigenvalue weighted by Crippen LogP contribution is 2.13. The van der Waals surface area contributed by atoms with Crippen LogP contribution in [0, 0.1) is 5.82 Å². The minimum Gasteiger partial charge on any atom is -0.390 e. The number of hydrogen-bond donors (Lipinski definition) is 2. The zero-order valence-corrected chi connectivity index (χ0v) is 11.0. The summed E-state index contributed by atoms with van der Waals surface area (Å²) in [5.74, 6) is -1.03. The van der Waals surface area contributed by atoms with Crippen molar-refractivity contribution in [1.82, 2.24) is 10.2 Å². The predicted octanol–water partition coefficient (Wildman–Crippen LogP) is 1.13. The smallest absolute Gasteiger partial charge is 0.251 e. The number of carbonyl (C=O) groups excluding carboxylic acids is 1. The lowest BCUT2D eigenvalue weighted by atomic mass is 10.2. The van der Waals surface area contributed by atoms with E-state index >= 15 is 0 Å². The Bertz CT molecular complexity index is 406. The third kappa shape index (κ3) is 5.00. The van der Waals surface area contributed by atoms with Crippen LogP contribution in [-0.2, 0) is 0 Å². The molecule has 4 nitrogen and oxygen atoms in total. The maximum absolute atomic E-state index is 13.0. The van der Waals surface area contributed by atoms with Gasteiger partial charge in [-0.25, -0.2) is 4.39 Å². The van der Waals surface area contributed by atoms with Crippen LogP contribution in [-0.4, -0.2) is 49.2 Å². The van der Waals surface area contributed by atoms with E-state index in [9.17, 15) is 14.3 Å². The van der Waals surface area contributed by atoms with E-state index in [-0.39, 0.29) is 17.1 Å². The molecule has 0 aliphatic carbocycles. The van der Waals surface area contributed by atoms with Crippen LogP contribution in [0.3, 0.4) is 0 Å². The molecule has 18 heavy (non-hydrogen) atoms. The number of likely N-dealkylation sites (N-methyl/N-ethyl adjacent to an activating group) is 1. The first kappa shape index (κ1) is 14.9. The highest BCUT2D eigenvalue weighted by atomic mass is 35.5. The zero-order valence-electron chi connectivity index (χ0n) is 10.3. The average Bonchev–Trinajstić information content (AvgIpc) is 2.23. The lowest BCUT2D eigenvalue weighted by Gasteiger charge is -2.16. The Morgan fingerprint density at radius 2 is 2.17 bits per heavy atom. The average molecular weight is 275 g/mol. The molecule has 1 atom stereocenters. The quantitative estimate of drug-likeness (QED) is 0.846. The summed E-state index contributed by atoms with van der Waals surface area (Å²) < 4.78 is 13.0. The summed E-state index contributed by atoms with van der Waals surface area (Å²) in [5, 5.41) is 12.2. The molecule has 1 amide bonds. The third-order valence-corrected chi connectivity index (χ3v) is 2.42. The summed E-state index contributed by atoms with van der Waals surface area (Å²) >= 11 is 5.65. The van der Waals surface area contributed by atoms with Gasteiger partial charge in [0.15, 0.2) is 0 Å². The molecule has 6 heteroatoms. The lowest BCUT2D eigenvalue weighted by molar-refractivity contribution is 0.0892. The van der Waals surface area contributed by atoms with Crippen molar-refractivity contribution in [2.24, 2.45) is 0 Å². The first-order valence-corrected chi connectivity index (χ1v) is 5.83. The molecule has 100 valence electrons. The van der Waals surface area contributed by atoms with Crippen LogP contribution < -0.4 is 5.32 Å². The standard InChI is InChI=1S/C12H16ClFN2O2/c1-16(2)7-11(17)6-15-12(18)8-3-9(13)5-10(14)4-8/h3-5,11,17H,6-7H2,1-2H3,(H,15,18)/t11-/m1/s1. The molecule has 0 radical (unpaired) electrons. The molecule has 0 bridgehead atoms. The predicted molar refractivity (Wildman–Crippen MR) is 68.3 cm³/mol. The van der Waals surface area contributed by atoms with E-state index in [1.54, 1.807) is 4.90 Å². The van der Waals surface area contributed by atoms with E-state index in [1.165, 1.54) is 6.07 Å². The van der Waals surface area contributed by atoms with Crippen LogP contribution in [0.1, 0.15) is 10.4 Å². The Hall–Kier alpha value is -1.17. The largest absolute Gasteiger partial charge is 0.390 e. The number of rotatable bonds is 5. The van der Waals surface area contributed by atoms with Gasteiger partial charge >= 0.3 is 0 Å². The summed E-state index contributed by atoms with van der Waals surface area (Å²) in [6, 6.07) is 3.59. The minimum atomic E-state index is -0.673. The lowest BCUT2D eigenvalue weighted by Crippen LogP contribution is -2.37. The molecule has 1 aromatic rings. The molecular formula is C12H16ClFN2O2. The normalized spacial score (nSPS) is 12.6. The molecule has 0 heterocycles. The molecule has 2 N–H and O–H groups in total. The van der Waals surface area contributed by atoms with Gasteiger partial charge in [-0.3, -0.25) is 4.79 Å². The molecule has 0 aliphatic heterocycles. The van der Waals surface area contributed by atoms with Gasteiger partial charge in [0.2, 0.25) is 0 Å². The van der Waals surface area contributed by atoms with E-state index < -0.39 is 17.8 Å². The summed E-state index contributed by atoms with van der Waals surface area (Å²) in [6.45, 7) is 0.537. The summed E-state index contributed by atoms with van der Waals surface area (Å²) in [6.07, 6.45) is -0.673. The van der Waals surface area contributed by atoms with Gasteiger partial charge < -0.3 is 15.3 Å². The first-order valence-electron chi connectivity index (χ1n) is 5.45. The first-order chi connectivity index (χ1) is 8.38. The Labute approximate surface area is 110 Å². The fraction of sp³-hybridized carbons (Fsp3) is 0.417. The van der Waals surface area contributed by atoms with Crippen LogP contribution in [0.2, 0.25) is 5.02 Å². The number of nitrogens with one attached hydrogen (secondary N) is 1. The van der Waals surface area contributed by atoms with Crippen LogP contribution in [0.5, 0.6) is 0 Å². The molecule has 0 saturated heterocycles. The molecule has 0 aromatic heterocycles. The van der Waals surface area contributed by atoms with Crippen molar-refractivity contribution < 1.29 is 14.3 Å². The van der Waals surface area contributed by atoms with Gasteiger partial charge in [0.25, 0.3) is 5.91 Å². The van der Waals surface area contributed by atoms with Gasteiger partial charge in [0.05, 0.1) is 6.10 Å². The third-order valence-electron chi connectivity index (χ3n) is 2.20. The van der Waals surface area contributed by atoms with Crippen molar-refractivity contribution in [1.29, 1.82) is 0 Å². The summed E-state index contributed by atoms with van der Waals surface area (Å²) in [7, 11) is 3.63. The molecule has 1 rings (SSSR count). The second kappa shape index (κ2) is 6.68. The Kier molecular flexibility index (Phi) is 5.53. The summed E-state index contributed by atoms with van der Waals surface area (Å²) in [4.78, 5) is 13.5. The van der Waals surface area contributed by atoms with E-state index in [0.29, 0.717) is 6.54 Å². The fourth-order valence-corrected chi connectivity index (χ4v) is 1.71. The molecule has 0 fully saturated rings. The van der Waals surface area contributed by atoms with E-state index in [0.717, 1.165) is 12.1 Å². The van der Waals surface area contributed by atoms with Gasteiger partial charge in [0, 0.05) is 23.7 Å². The molecule has 0 aliphatic rings. The fourth-order valence-electron chi connectivity index (χ4n) is 1.48. The number of hydrogen-bond acceptors (Lipinski definition) is 3. The minimum absolute atomic E-state index is 0.102. The molecule has 0 spiro atoms. The van der Waals surface area contributed by atoms with Gasteiger partial charge in [-0.2, -0.15) is 0 Å². The SMILES string of the molecule is CN(C)C[C@H](O)CNC(=O)c1cc(F)cc(Cl)c1. The van der Waals surface area contributed by atoms with Gasteiger partial charge in [-0.1, -0.05) is 11.6 Å². The molecule has 0 unspecified atom stereocenters. The van der Waals surface area contributed by atoms with Gasteiger partial charge in [-0.05, 0) is 32.3 Å². The number of benzene rings is 1. The maximum Gasteiger partial charge on any atom is 0.251 e. The van der Waals surface area contributed by atoms with E-state index in [2.05, 4.69) is 5.32 Å². The monoisotopic (exact) mass is 274 g/mol. The van der Waals surface area contributed by atoms with Crippen molar-refractivity contribution >= 4 is 17.5 Å². The second-order valence-corrected chi connectivity index (χ2v) is 4.72. The van der Waals surface area contributed by atoms with E-state index in [1.807, 2.05) is 14.1 Å². The number of aliphatic hydroxyl groups excluding tert-OH is 1. The van der Waals surface area contributed by atoms with Crippen molar-refractivity contribution in [3.05, 3.63) is 34.6 Å². The van der Waals surface area contributed by atoms with E-state index in [4.69, 9.17) is 11.6 Å². The molecule has 0 saturated carbocycles. The molecule has 1 aromatic carbocycles. The summed E-state index contributed by atoms with van der Waals surface area (Å²) in [5.41, 5.74) is 0.136. The van der Waals surface area contributed by atoms with Crippen LogP contribution in [0.25, 0.3) is 0 Å². The van der Waals surface area contributed by atoms with Crippen LogP contribution in [0.4, 0.5) is 4.39 Å². The number of amides is 1. The van der Waals surface area contributed by atoms with Crippen LogP contribution in [0.15, 0.2) is 18.2 Å².